The Morgan fingerprint density at radius 3 is 2.47 bits per heavy atom. The lowest BCUT2D eigenvalue weighted by Gasteiger charge is -1.98. The summed E-state index contributed by atoms with van der Waals surface area (Å²) >= 11 is 0. The van der Waals surface area contributed by atoms with Crippen molar-refractivity contribution in [2.45, 2.75) is 0 Å². The maximum absolute atomic E-state index is 12.6. The van der Waals surface area contributed by atoms with Crippen LogP contribution in [0.25, 0.3) is 0 Å². The number of carbonyl (C=O) groups excluding carboxylic acids is 1. The molecule has 0 amide bonds. The third kappa shape index (κ3) is 3.39. The number of methoxy groups -OCH3 is 1. The van der Waals surface area contributed by atoms with Crippen molar-refractivity contribution in [3.8, 4) is 11.8 Å². The number of benzene rings is 1. The summed E-state index contributed by atoms with van der Waals surface area (Å²) in [6, 6.07) is 9.50. The Kier molecular flexibility index (Phi) is 3.89. The average Bonchev–Trinajstić information content (AvgIpc) is 2.46. The Balaban J connectivity index is 2.16. The van der Waals surface area contributed by atoms with Gasteiger partial charge in [-0.05, 0) is 42.3 Å². The van der Waals surface area contributed by atoms with Crippen LogP contribution in [-0.4, -0.2) is 18.1 Å². The third-order valence-electron chi connectivity index (χ3n) is 2.37. The Morgan fingerprint density at radius 1 is 1.16 bits per heavy atom. The van der Waals surface area contributed by atoms with E-state index in [2.05, 4.69) is 21.6 Å². The van der Waals surface area contributed by atoms with Crippen LogP contribution in [0.2, 0.25) is 0 Å². The summed E-state index contributed by atoms with van der Waals surface area (Å²) in [6.07, 6.45) is 1.12. The predicted molar refractivity (Wildman–Crippen MR) is 68.0 cm³/mol. The van der Waals surface area contributed by atoms with E-state index in [1.807, 2.05) is 0 Å². The van der Waals surface area contributed by atoms with E-state index in [9.17, 15) is 9.18 Å². The lowest BCUT2D eigenvalue weighted by molar-refractivity contribution is 0.0600. The van der Waals surface area contributed by atoms with Crippen molar-refractivity contribution in [2.24, 2.45) is 0 Å². The Labute approximate surface area is 110 Å². The Bertz CT molecular complexity index is 637. The van der Waals surface area contributed by atoms with Gasteiger partial charge in [0, 0.05) is 5.56 Å². The van der Waals surface area contributed by atoms with Crippen molar-refractivity contribution in [3.05, 3.63) is 65.2 Å². The van der Waals surface area contributed by atoms with E-state index in [4.69, 9.17) is 0 Å². The highest BCUT2D eigenvalue weighted by Crippen LogP contribution is 2.05. The van der Waals surface area contributed by atoms with Gasteiger partial charge in [-0.25, -0.2) is 14.2 Å². The number of nitrogens with zero attached hydrogens (tertiary/aromatic N) is 1. The molecule has 3 nitrogen and oxygen atoms in total. The van der Waals surface area contributed by atoms with Gasteiger partial charge < -0.3 is 4.74 Å². The number of aromatic nitrogens is 1. The zero-order valence-corrected chi connectivity index (χ0v) is 10.2. The van der Waals surface area contributed by atoms with Gasteiger partial charge >= 0.3 is 5.97 Å². The zero-order valence-electron chi connectivity index (χ0n) is 10.2. The van der Waals surface area contributed by atoms with Crippen molar-refractivity contribution < 1.29 is 13.9 Å². The molecule has 1 aromatic carbocycles. The fourth-order valence-electron chi connectivity index (χ4n) is 1.39. The van der Waals surface area contributed by atoms with Crippen LogP contribution in [0.1, 0.15) is 21.6 Å². The SMILES string of the molecule is COC(=O)c1ccc(C#Cc2ccc(F)cn2)cc1. The van der Waals surface area contributed by atoms with Gasteiger partial charge in [-0.1, -0.05) is 5.92 Å². The van der Waals surface area contributed by atoms with Gasteiger partial charge in [-0.15, -0.1) is 0 Å². The first-order valence-corrected chi connectivity index (χ1v) is 5.51. The average molecular weight is 255 g/mol. The Morgan fingerprint density at radius 2 is 1.89 bits per heavy atom. The van der Waals surface area contributed by atoms with Crippen LogP contribution in [0.4, 0.5) is 4.39 Å². The summed E-state index contributed by atoms with van der Waals surface area (Å²) in [5.74, 6) is 4.90. The summed E-state index contributed by atoms with van der Waals surface area (Å²) < 4.78 is 17.2. The first kappa shape index (κ1) is 12.8. The molecule has 94 valence electrons. The van der Waals surface area contributed by atoms with Gasteiger partial charge in [-0.2, -0.15) is 0 Å². The molecule has 1 aromatic heterocycles. The molecule has 19 heavy (non-hydrogen) atoms. The highest BCUT2D eigenvalue weighted by Gasteiger charge is 2.03. The number of carbonyl (C=O) groups is 1. The van der Waals surface area contributed by atoms with Gasteiger partial charge in [0.1, 0.15) is 11.5 Å². The van der Waals surface area contributed by atoms with Crippen LogP contribution < -0.4 is 0 Å². The van der Waals surface area contributed by atoms with E-state index in [0.717, 1.165) is 11.8 Å². The van der Waals surface area contributed by atoms with Crippen LogP contribution in [-0.2, 0) is 4.74 Å². The minimum atomic E-state index is -0.395. The number of pyridine rings is 1. The standard InChI is InChI=1S/C15H10FNO2/c1-19-15(18)12-5-2-11(3-6-12)4-8-14-9-7-13(16)10-17-14/h2-3,5-7,9-10H,1H3. The predicted octanol–water partition coefficient (Wildman–Crippen LogP) is 2.41. The van der Waals surface area contributed by atoms with Crippen LogP contribution >= 0.6 is 0 Å². The largest absolute Gasteiger partial charge is 0.465 e. The summed E-state index contributed by atoms with van der Waals surface area (Å²) in [5, 5.41) is 0. The molecule has 0 spiro atoms. The fourth-order valence-corrected chi connectivity index (χ4v) is 1.39. The first-order valence-electron chi connectivity index (χ1n) is 5.51. The van der Waals surface area contributed by atoms with E-state index in [-0.39, 0.29) is 5.97 Å². The summed E-state index contributed by atoms with van der Waals surface area (Å²) in [7, 11) is 1.33. The molecule has 4 heteroatoms. The molecule has 0 unspecified atom stereocenters. The van der Waals surface area contributed by atoms with Gasteiger partial charge in [-0.3, -0.25) is 0 Å². The molecule has 0 aliphatic rings. The van der Waals surface area contributed by atoms with Gasteiger partial charge in [0.05, 0.1) is 18.9 Å². The van der Waals surface area contributed by atoms with Crippen molar-refractivity contribution >= 4 is 5.97 Å². The molecule has 0 aliphatic heterocycles. The van der Waals surface area contributed by atoms with E-state index < -0.39 is 5.82 Å². The second-order valence-corrected chi connectivity index (χ2v) is 3.68. The number of hydrogen-bond acceptors (Lipinski definition) is 3. The number of esters is 1. The molecule has 2 aromatic rings. The van der Waals surface area contributed by atoms with Gasteiger partial charge in [0.2, 0.25) is 0 Å². The monoisotopic (exact) mass is 255 g/mol. The summed E-state index contributed by atoms with van der Waals surface area (Å²) in [6.45, 7) is 0. The van der Waals surface area contributed by atoms with E-state index in [0.29, 0.717) is 11.3 Å². The summed E-state index contributed by atoms with van der Waals surface area (Å²) in [5.41, 5.74) is 1.69. The fraction of sp³-hybridized carbons (Fsp3) is 0.0667. The highest BCUT2D eigenvalue weighted by molar-refractivity contribution is 5.89. The minimum Gasteiger partial charge on any atom is -0.465 e. The van der Waals surface area contributed by atoms with Crippen LogP contribution in [0.15, 0.2) is 42.6 Å². The quantitative estimate of drug-likeness (QED) is 0.580. The molecule has 0 aliphatic carbocycles. The molecule has 0 N–H and O–H groups in total. The lowest BCUT2D eigenvalue weighted by atomic mass is 10.1. The maximum atomic E-state index is 12.6. The zero-order chi connectivity index (χ0) is 13.7. The topological polar surface area (TPSA) is 39.2 Å². The molecule has 0 bridgehead atoms. The van der Waals surface area contributed by atoms with Gasteiger partial charge in [0.15, 0.2) is 0 Å². The van der Waals surface area contributed by atoms with Crippen molar-refractivity contribution in [1.29, 1.82) is 0 Å². The van der Waals surface area contributed by atoms with Gasteiger partial charge in [0.25, 0.3) is 0 Å². The van der Waals surface area contributed by atoms with Crippen molar-refractivity contribution in [2.75, 3.05) is 7.11 Å². The molecule has 0 saturated heterocycles. The first-order chi connectivity index (χ1) is 9.19. The van der Waals surface area contributed by atoms with Crippen LogP contribution in [0.3, 0.4) is 0 Å². The molecule has 0 radical (unpaired) electrons. The van der Waals surface area contributed by atoms with E-state index in [1.54, 1.807) is 24.3 Å². The number of hydrogen-bond donors (Lipinski definition) is 0. The molecule has 0 saturated carbocycles. The molecular weight excluding hydrogens is 245 g/mol. The number of rotatable bonds is 1. The van der Waals surface area contributed by atoms with E-state index >= 15 is 0 Å². The normalized spacial score (nSPS) is 9.37. The van der Waals surface area contributed by atoms with E-state index in [1.165, 1.54) is 19.2 Å². The van der Waals surface area contributed by atoms with Crippen molar-refractivity contribution in [1.82, 2.24) is 4.98 Å². The minimum absolute atomic E-state index is 0.389. The van der Waals surface area contributed by atoms with Crippen LogP contribution in [0, 0.1) is 17.7 Å². The lowest BCUT2D eigenvalue weighted by Crippen LogP contribution is -2.00. The Hall–Kier alpha value is -2.67. The third-order valence-corrected chi connectivity index (χ3v) is 2.37. The maximum Gasteiger partial charge on any atom is 0.337 e. The van der Waals surface area contributed by atoms with Crippen molar-refractivity contribution in [3.63, 3.8) is 0 Å². The number of ether oxygens (including phenoxy) is 1. The summed E-state index contributed by atoms with van der Waals surface area (Å²) in [4.78, 5) is 15.1. The molecule has 2 rings (SSSR count). The highest BCUT2D eigenvalue weighted by atomic mass is 19.1. The molecule has 1 heterocycles. The number of halogens is 1. The second-order valence-electron chi connectivity index (χ2n) is 3.68. The molecule has 0 atom stereocenters. The molecule has 0 fully saturated rings. The molecular formula is C15H10FNO2. The smallest absolute Gasteiger partial charge is 0.337 e. The second kappa shape index (κ2) is 5.78. The van der Waals surface area contributed by atoms with Crippen LogP contribution in [0.5, 0.6) is 0 Å².